The number of aryl methyl sites for hydroxylation is 2. The molecule has 0 unspecified atom stereocenters. The molecular weight excluding hydrogens is 542 g/mol. The first kappa shape index (κ1) is 29.8. The summed E-state index contributed by atoms with van der Waals surface area (Å²) < 4.78 is 47.6. The predicted molar refractivity (Wildman–Crippen MR) is 156 cm³/mol. The highest BCUT2D eigenvalue weighted by atomic mass is 19.3. The van der Waals surface area contributed by atoms with E-state index in [-0.39, 0.29) is 17.9 Å². The van der Waals surface area contributed by atoms with Crippen LogP contribution in [-0.2, 0) is 17.1 Å². The quantitative estimate of drug-likeness (QED) is 0.256. The van der Waals surface area contributed by atoms with Crippen molar-refractivity contribution >= 4 is 5.97 Å². The van der Waals surface area contributed by atoms with Gasteiger partial charge in [-0.3, -0.25) is 4.79 Å². The van der Waals surface area contributed by atoms with Crippen molar-refractivity contribution in [3.63, 3.8) is 0 Å². The zero-order chi connectivity index (χ0) is 30.4. The second-order valence-electron chi connectivity index (χ2n) is 12.3. The molecule has 6 nitrogen and oxygen atoms in total. The average Bonchev–Trinajstić information content (AvgIpc) is 3.46. The maximum atomic E-state index is 14.8. The number of hydrogen-bond acceptors (Lipinski definition) is 5. The molecule has 0 fully saturated rings. The van der Waals surface area contributed by atoms with Crippen molar-refractivity contribution in [2.45, 2.75) is 83.8 Å². The molecule has 0 spiro atoms. The largest absolute Gasteiger partial charge is 0.493 e. The van der Waals surface area contributed by atoms with Gasteiger partial charge in [-0.05, 0) is 104 Å². The van der Waals surface area contributed by atoms with E-state index in [2.05, 4.69) is 0 Å². The van der Waals surface area contributed by atoms with Crippen molar-refractivity contribution < 1.29 is 38.0 Å². The Balaban J connectivity index is 1.46. The third-order valence-electron chi connectivity index (χ3n) is 8.12. The molecule has 2 atom stereocenters. The molecule has 0 saturated carbocycles. The van der Waals surface area contributed by atoms with Crippen LogP contribution in [0.3, 0.4) is 0 Å². The van der Waals surface area contributed by atoms with Gasteiger partial charge in [0.25, 0.3) is 5.92 Å². The lowest BCUT2D eigenvalue weighted by Gasteiger charge is -2.22. The minimum Gasteiger partial charge on any atom is -0.493 e. The molecule has 0 radical (unpaired) electrons. The normalized spacial score (nSPS) is 17.9. The minimum atomic E-state index is -3.04. The fraction of sp³-hybridized carbons (Fsp3) is 0.441. The van der Waals surface area contributed by atoms with Crippen LogP contribution in [-0.4, -0.2) is 35.0 Å². The highest BCUT2D eigenvalue weighted by Crippen LogP contribution is 2.46. The Kier molecular flexibility index (Phi) is 7.96. The Morgan fingerprint density at radius 2 is 1.74 bits per heavy atom. The van der Waals surface area contributed by atoms with Gasteiger partial charge < -0.3 is 24.4 Å². The Hall–Kier alpha value is -3.65. The SMILES string of the molecule is Cc1cc(OCCC(C)(C)O)cc(C)c1-c1cc(C(C)(F)F)cc2c1CC[C@H]2Oc1ccc2c(c1)OC[C@H]2CC(=O)O. The van der Waals surface area contributed by atoms with E-state index in [4.69, 9.17) is 14.2 Å². The van der Waals surface area contributed by atoms with Crippen molar-refractivity contribution in [2.75, 3.05) is 13.2 Å². The number of rotatable bonds is 10. The van der Waals surface area contributed by atoms with Crippen molar-refractivity contribution in [1.82, 2.24) is 0 Å². The van der Waals surface area contributed by atoms with Crippen LogP contribution in [0.15, 0.2) is 42.5 Å². The van der Waals surface area contributed by atoms with E-state index in [0.717, 1.165) is 45.9 Å². The van der Waals surface area contributed by atoms with Gasteiger partial charge in [-0.25, -0.2) is 8.78 Å². The summed E-state index contributed by atoms with van der Waals surface area (Å²) in [5.74, 6) is -2.30. The summed E-state index contributed by atoms with van der Waals surface area (Å²) in [7, 11) is 0. The lowest BCUT2D eigenvalue weighted by Crippen LogP contribution is -2.21. The van der Waals surface area contributed by atoms with Crippen LogP contribution in [0, 0.1) is 13.8 Å². The Morgan fingerprint density at radius 1 is 1.02 bits per heavy atom. The van der Waals surface area contributed by atoms with Gasteiger partial charge >= 0.3 is 5.97 Å². The third kappa shape index (κ3) is 6.38. The van der Waals surface area contributed by atoms with Crippen molar-refractivity contribution in [3.05, 3.63) is 75.8 Å². The molecular formula is C34H38F2O6. The van der Waals surface area contributed by atoms with E-state index in [1.54, 1.807) is 38.1 Å². The molecule has 0 amide bonds. The number of aliphatic hydroxyl groups is 1. The van der Waals surface area contributed by atoms with Gasteiger partial charge in [-0.15, -0.1) is 0 Å². The van der Waals surface area contributed by atoms with Gasteiger partial charge in [-0.1, -0.05) is 6.07 Å². The lowest BCUT2D eigenvalue weighted by atomic mass is 9.88. The first-order valence-electron chi connectivity index (χ1n) is 14.4. The number of ether oxygens (including phenoxy) is 3. The molecule has 224 valence electrons. The molecule has 3 aromatic rings. The summed E-state index contributed by atoms with van der Waals surface area (Å²) in [4.78, 5) is 11.2. The molecule has 0 saturated heterocycles. The van der Waals surface area contributed by atoms with Crippen LogP contribution >= 0.6 is 0 Å². The first-order chi connectivity index (χ1) is 19.7. The molecule has 1 heterocycles. The number of hydrogen-bond donors (Lipinski definition) is 2. The third-order valence-corrected chi connectivity index (χ3v) is 8.12. The molecule has 3 aromatic carbocycles. The highest BCUT2D eigenvalue weighted by Gasteiger charge is 2.34. The number of fused-ring (bicyclic) bond motifs is 2. The molecule has 1 aliphatic carbocycles. The number of halogens is 2. The Bertz CT molecular complexity index is 1480. The number of carbonyl (C=O) groups is 1. The maximum absolute atomic E-state index is 14.8. The summed E-state index contributed by atoms with van der Waals surface area (Å²) in [5, 5.41) is 19.2. The number of carboxylic acids is 1. The van der Waals surface area contributed by atoms with Gasteiger partial charge in [-0.2, -0.15) is 0 Å². The van der Waals surface area contributed by atoms with Gasteiger partial charge in [0.2, 0.25) is 0 Å². The first-order valence-corrected chi connectivity index (χ1v) is 14.4. The van der Waals surface area contributed by atoms with E-state index in [9.17, 15) is 23.8 Å². The van der Waals surface area contributed by atoms with Crippen LogP contribution in [0.5, 0.6) is 17.2 Å². The van der Waals surface area contributed by atoms with E-state index < -0.39 is 23.6 Å². The monoisotopic (exact) mass is 580 g/mol. The summed E-state index contributed by atoms with van der Waals surface area (Å²) in [6, 6.07) is 12.4. The zero-order valence-corrected chi connectivity index (χ0v) is 24.7. The van der Waals surface area contributed by atoms with Crippen molar-refractivity contribution in [2.24, 2.45) is 0 Å². The molecule has 2 N–H and O–H groups in total. The molecule has 0 bridgehead atoms. The second kappa shape index (κ2) is 11.2. The molecule has 2 aliphatic rings. The molecule has 42 heavy (non-hydrogen) atoms. The molecule has 1 aliphatic heterocycles. The Morgan fingerprint density at radius 3 is 2.38 bits per heavy atom. The predicted octanol–water partition coefficient (Wildman–Crippen LogP) is 7.64. The van der Waals surface area contributed by atoms with Crippen LogP contribution < -0.4 is 14.2 Å². The number of carboxylic acid groups (broad SMARTS) is 1. The van der Waals surface area contributed by atoms with E-state index in [0.29, 0.717) is 49.7 Å². The summed E-state index contributed by atoms with van der Waals surface area (Å²) >= 11 is 0. The lowest BCUT2D eigenvalue weighted by molar-refractivity contribution is -0.137. The van der Waals surface area contributed by atoms with Crippen molar-refractivity contribution in [1.29, 1.82) is 0 Å². The Labute approximate surface area is 245 Å². The zero-order valence-electron chi connectivity index (χ0n) is 24.7. The van der Waals surface area contributed by atoms with E-state index in [1.165, 1.54) is 0 Å². The van der Waals surface area contributed by atoms with Gasteiger partial charge in [0, 0.05) is 36.5 Å². The highest BCUT2D eigenvalue weighted by molar-refractivity contribution is 5.77. The average molecular weight is 581 g/mol. The standard InChI is InChI=1S/C34H38F2O6/c1-19-12-24(40-11-10-33(3,4)39)13-20(2)32(19)28-16-22(34(5,35)36)15-27-26(28)8-9-29(27)42-23-6-7-25-21(14-31(37)38)18-41-30(25)17-23/h6-7,12-13,15-17,21,29,39H,8-11,14,18H2,1-5H3,(H,37,38)/t21-,29-/m1/s1. The fourth-order valence-electron chi connectivity index (χ4n) is 6.02. The van der Waals surface area contributed by atoms with Crippen molar-refractivity contribution in [3.8, 4) is 28.4 Å². The van der Waals surface area contributed by atoms with Crippen LogP contribution in [0.1, 0.15) is 85.4 Å². The van der Waals surface area contributed by atoms with Crippen LogP contribution in [0.25, 0.3) is 11.1 Å². The van der Waals surface area contributed by atoms with Crippen LogP contribution in [0.2, 0.25) is 0 Å². The molecule has 0 aromatic heterocycles. The van der Waals surface area contributed by atoms with E-state index in [1.807, 2.05) is 32.0 Å². The maximum Gasteiger partial charge on any atom is 0.304 e. The number of alkyl halides is 2. The fourth-order valence-corrected chi connectivity index (χ4v) is 6.02. The van der Waals surface area contributed by atoms with Gasteiger partial charge in [0.05, 0.1) is 25.2 Å². The van der Waals surface area contributed by atoms with Crippen LogP contribution in [0.4, 0.5) is 8.78 Å². The second-order valence-corrected chi connectivity index (χ2v) is 12.3. The molecule has 5 rings (SSSR count). The van der Waals surface area contributed by atoms with E-state index >= 15 is 0 Å². The summed E-state index contributed by atoms with van der Waals surface area (Å²) in [6.07, 6.45) is 1.37. The molecule has 8 heteroatoms. The minimum absolute atomic E-state index is 0.00718. The smallest absolute Gasteiger partial charge is 0.304 e. The topological polar surface area (TPSA) is 85.2 Å². The summed E-state index contributed by atoms with van der Waals surface area (Å²) in [5.41, 5.74) is 5.21. The van der Waals surface area contributed by atoms with Gasteiger partial charge in [0.15, 0.2) is 0 Å². The number of benzene rings is 3. The van der Waals surface area contributed by atoms with Gasteiger partial charge in [0.1, 0.15) is 23.4 Å². The summed E-state index contributed by atoms with van der Waals surface area (Å²) in [6.45, 7) is 8.96. The number of aliphatic carboxylic acids is 1.